The molecule has 2 unspecified atom stereocenters. The standard InChI is InChI=1S/C32H43N5O4/c1-3-24(2)37-32(38)36(23-33-37)28-11-9-26(10-12-28)34-17-19-35(20-18-34)27-13-15-29(16-14-27)39-21-30-22-40-31(41-30)25-7-5-4-6-8-25/h9-16,23-25,30-31H,3-8,17-22H2,1-2H3/t24?,30-,31?/m1/s1. The van der Waals surface area contributed by atoms with Crippen molar-refractivity contribution in [2.45, 2.75) is 70.8 Å². The molecule has 3 heterocycles. The van der Waals surface area contributed by atoms with Crippen molar-refractivity contribution in [1.29, 1.82) is 0 Å². The van der Waals surface area contributed by atoms with E-state index in [0.29, 0.717) is 19.1 Å². The minimum Gasteiger partial charge on any atom is -0.491 e. The Kier molecular flexibility index (Phi) is 8.62. The van der Waals surface area contributed by atoms with Gasteiger partial charge in [0.15, 0.2) is 6.29 Å². The fourth-order valence-corrected chi connectivity index (χ4v) is 6.17. The van der Waals surface area contributed by atoms with Crippen LogP contribution in [0.3, 0.4) is 0 Å². The number of anilines is 2. The molecule has 3 atom stereocenters. The SMILES string of the molecule is CCC(C)n1ncn(-c2ccc(N3CCN(c4ccc(OC[C@@H]5COC(C6CCCCC6)O5)cc4)CC3)cc2)c1=O. The lowest BCUT2D eigenvalue weighted by atomic mass is 9.89. The van der Waals surface area contributed by atoms with Crippen LogP contribution in [0.25, 0.3) is 5.69 Å². The first-order chi connectivity index (χ1) is 20.1. The van der Waals surface area contributed by atoms with E-state index in [1.165, 1.54) is 43.5 Å². The van der Waals surface area contributed by atoms with Crippen LogP contribution >= 0.6 is 0 Å². The minimum absolute atomic E-state index is 0.00664. The van der Waals surface area contributed by atoms with E-state index in [1.807, 2.05) is 19.1 Å². The van der Waals surface area contributed by atoms with Gasteiger partial charge in [-0.25, -0.2) is 14.0 Å². The third-order valence-corrected chi connectivity index (χ3v) is 8.92. The van der Waals surface area contributed by atoms with Gasteiger partial charge in [-0.2, -0.15) is 5.10 Å². The average molecular weight is 562 g/mol. The van der Waals surface area contributed by atoms with Crippen LogP contribution in [0.4, 0.5) is 11.4 Å². The summed E-state index contributed by atoms with van der Waals surface area (Å²) in [5.41, 5.74) is 3.12. The lowest BCUT2D eigenvalue weighted by Crippen LogP contribution is -2.46. The van der Waals surface area contributed by atoms with Crippen LogP contribution in [0.2, 0.25) is 0 Å². The van der Waals surface area contributed by atoms with Gasteiger partial charge in [0.2, 0.25) is 0 Å². The van der Waals surface area contributed by atoms with Gasteiger partial charge in [0.1, 0.15) is 24.8 Å². The molecule has 6 rings (SSSR count). The highest BCUT2D eigenvalue weighted by molar-refractivity contribution is 5.54. The molecule has 9 heteroatoms. The van der Waals surface area contributed by atoms with Gasteiger partial charge in [0, 0.05) is 43.5 Å². The number of rotatable bonds is 9. The normalized spacial score (nSPS) is 22.7. The summed E-state index contributed by atoms with van der Waals surface area (Å²) in [6.07, 6.45) is 8.79. The molecule has 3 fully saturated rings. The number of benzene rings is 2. The largest absolute Gasteiger partial charge is 0.491 e. The Hall–Kier alpha value is -3.30. The number of nitrogens with zero attached hydrogens (tertiary/aromatic N) is 5. The number of hydrogen-bond donors (Lipinski definition) is 0. The predicted molar refractivity (Wildman–Crippen MR) is 160 cm³/mol. The molecule has 2 aromatic carbocycles. The second-order valence-electron chi connectivity index (χ2n) is 11.6. The Bertz CT molecular complexity index is 1310. The van der Waals surface area contributed by atoms with E-state index in [9.17, 15) is 4.79 Å². The maximum atomic E-state index is 12.7. The summed E-state index contributed by atoms with van der Waals surface area (Å²) < 4.78 is 21.3. The molecule has 1 aliphatic carbocycles. The Balaban J connectivity index is 0.971. The second kappa shape index (κ2) is 12.7. The fourth-order valence-electron chi connectivity index (χ4n) is 6.17. The van der Waals surface area contributed by atoms with Crippen LogP contribution in [0.1, 0.15) is 58.4 Å². The van der Waals surface area contributed by atoms with Crippen LogP contribution in [0, 0.1) is 5.92 Å². The number of ether oxygens (including phenoxy) is 3. The molecule has 2 saturated heterocycles. The first-order valence-electron chi connectivity index (χ1n) is 15.4. The van der Waals surface area contributed by atoms with Gasteiger partial charge in [0.25, 0.3) is 0 Å². The molecular weight excluding hydrogens is 518 g/mol. The smallest absolute Gasteiger partial charge is 0.350 e. The maximum Gasteiger partial charge on any atom is 0.350 e. The molecule has 0 amide bonds. The second-order valence-corrected chi connectivity index (χ2v) is 11.6. The van der Waals surface area contributed by atoms with E-state index in [2.05, 4.69) is 58.2 Å². The quantitative estimate of drug-likeness (QED) is 0.363. The molecule has 220 valence electrons. The van der Waals surface area contributed by atoms with Gasteiger partial charge < -0.3 is 24.0 Å². The monoisotopic (exact) mass is 561 g/mol. The Morgan fingerprint density at radius 2 is 1.51 bits per heavy atom. The van der Waals surface area contributed by atoms with Crippen LogP contribution in [-0.4, -0.2) is 66.1 Å². The topological polar surface area (TPSA) is 74.0 Å². The van der Waals surface area contributed by atoms with E-state index in [1.54, 1.807) is 15.6 Å². The highest BCUT2D eigenvalue weighted by atomic mass is 16.7. The van der Waals surface area contributed by atoms with Gasteiger partial charge >= 0.3 is 5.69 Å². The van der Waals surface area contributed by atoms with E-state index in [0.717, 1.165) is 44.0 Å². The van der Waals surface area contributed by atoms with Crippen molar-refractivity contribution in [2.75, 3.05) is 49.2 Å². The summed E-state index contributed by atoms with van der Waals surface area (Å²) in [5.74, 6) is 1.41. The molecule has 2 aliphatic heterocycles. The van der Waals surface area contributed by atoms with Crippen molar-refractivity contribution in [3.8, 4) is 11.4 Å². The first kappa shape index (κ1) is 27.8. The molecule has 41 heavy (non-hydrogen) atoms. The average Bonchev–Trinajstić information content (AvgIpc) is 3.67. The highest BCUT2D eigenvalue weighted by Gasteiger charge is 2.33. The van der Waals surface area contributed by atoms with Gasteiger partial charge in [-0.3, -0.25) is 0 Å². The number of aromatic nitrogens is 3. The van der Waals surface area contributed by atoms with Gasteiger partial charge in [0.05, 0.1) is 18.3 Å². The zero-order valence-electron chi connectivity index (χ0n) is 24.4. The molecule has 3 aliphatic rings. The van der Waals surface area contributed by atoms with Crippen molar-refractivity contribution < 1.29 is 14.2 Å². The van der Waals surface area contributed by atoms with Crippen LogP contribution in [0.15, 0.2) is 59.7 Å². The molecule has 1 saturated carbocycles. The van der Waals surface area contributed by atoms with Crippen molar-refractivity contribution >= 4 is 11.4 Å². The predicted octanol–water partition coefficient (Wildman–Crippen LogP) is 5.03. The minimum atomic E-state index is -0.0960. The highest BCUT2D eigenvalue weighted by Crippen LogP contribution is 2.32. The van der Waals surface area contributed by atoms with Crippen molar-refractivity contribution in [1.82, 2.24) is 14.3 Å². The number of hydrogen-bond acceptors (Lipinski definition) is 7. The summed E-state index contributed by atoms with van der Waals surface area (Å²) >= 11 is 0. The van der Waals surface area contributed by atoms with Crippen LogP contribution < -0.4 is 20.2 Å². The molecular formula is C32H43N5O4. The zero-order valence-corrected chi connectivity index (χ0v) is 24.4. The summed E-state index contributed by atoms with van der Waals surface area (Å²) in [7, 11) is 0. The Morgan fingerprint density at radius 1 is 0.902 bits per heavy atom. The third-order valence-electron chi connectivity index (χ3n) is 8.92. The van der Waals surface area contributed by atoms with E-state index < -0.39 is 0 Å². The van der Waals surface area contributed by atoms with Gasteiger partial charge in [-0.15, -0.1) is 0 Å². The zero-order chi connectivity index (χ0) is 28.2. The third kappa shape index (κ3) is 6.31. The number of piperazine rings is 1. The van der Waals surface area contributed by atoms with E-state index in [-0.39, 0.29) is 24.1 Å². The van der Waals surface area contributed by atoms with Crippen molar-refractivity contribution in [3.63, 3.8) is 0 Å². The summed E-state index contributed by atoms with van der Waals surface area (Å²) in [6, 6.07) is 16.7. The van der Waals surface area contributed by atoms with Gasteiger partial charge in [-0.05, 0) is 74.7 Å². The first-order valence-corrected chi connectivity index (χ1v) is 15.4. The Labute approximate surface area is 242 Å². The van der Waals surface area contributed by atoms with Gasteiger partial charge in [-0.1, -0.05) is 26.2 Å². The molecule has 0 N–H and O–H groups in total. The van der Waals surface area contributed by atoms with Crippen molar-refractivity contribution in [3.05, 3.63) is 65.3 Å². The van der Waals surface area contributed by atoms with E-state index in [4.69, 9.17) is 14.2 Å². The lowest BCUT2D eigenvalue weighted by Gasteiger charge is -2.37. The summed E-state index contributed by atoms with van der Waals surface area (Å²) in [5, 5.41) is 4.30. The molecule has 0 spiro atoms. The molecule has 0 bridgehead atoms. The lowest BCUT2D eigenvalue weighted by molar-refractivity contribution is -0.108. The molecule has 0 radical (unpaired) electrons. The maximum absolute atomic E-state index is 12.7. The molecule has 9 nitrogen and oxygen atoms in total. The summed E-state index contributed by atoms with van der Waals surface area (Å²) in [4.78, 5) is 17.6. The molecule has 3 aromatic rings. The van der Waals surface area contributed by atoms with Crippen molar-refractivity contribution in [2.24, 2.45) is 5.92 Å². The Morgan fingerprint density at radius 3 is 2.15 bits per heavy atom. The van der Waals surface area contributed by atoms with Crippen LogP contribution in [-0.2, 0) is 9.47 Å². The van der Waals surface area contributed by atoms with E-state index >= 15 is 0 Å². The van der Waals surface area contributed by atoms with Crippen LogP contribution in [0.5, 0.6) is 5.75 Å². The fraction of sp³-hybridized carbons (Fsp3) is 0.562. The molecule has 1 aromatic heterocycles. The summed E-state index contributed by atoms with van der Waals surface area (Å²) in [6.45, 7) is 8.97.